The van der Waals surface area contributed by atoms with Gasteiger partial charge in [0.2, 0.25) is 5.91 Å². The van der Waals surface area contributed by atoms with Crippen LogP contribution in [-0.2, 0) is 15.6 Å². The molecule has 1 aromatic rings. The van der Waals surface area contributed by atoms with Crippen molar-refractivity contribution in [1.82, 2.24) is 5.32 Å². The molecule has 0 aliphatic heterocycles. The average molecular weight is 272 g/mol. The Labute approximate surface area is 108 Å². The molecule has 100 valence electrons. The van der Waals surface area contributed by atoms with Crippen molar-refractivity contribution in [2.45, 2.75) is 31.2 Å². The van der Waals surface area contributed by atoms with Gasteiger partial charge in [-0.2, -0.15) is 0 Å². The number of nitrogen functional groups attached to an aromatic ring is 1. The molecule has 0 aromatic heterocycles. The highest BCUT2D eigenvalue weighted by Crippen LogP contribution is 2.15. The lowest BCUT2D eigenvalue weighted by Gasteiger charge is -2.11. The molecule has 18 heavy (non-hydrogen) atoms. The topological polar surface area (TPSA) is 72.2 Å². The van der Waals surface area contributed by atoms with Gasteiger partial charge in [-0.25, -0.2) is 4.39 Å². The van der Waals surface area contributed by atoms with E-state index in [1.807, 2.05) is 13.8 Å². The van der Waals surface area contributed by atoms with Crippen molar-refractivity contribution < 1.29 is 13.4 Å². The van der Waals surface area contributed by atoms with Crippen molar-refractivity contribution in [1.29, 1.82) is 0 Å². The van der Waals surface area contributed by atoms with Gasteiger partial charge in [0.15, 0.2) is 0 Å². The number of nitrogens with two attached hydrogens (primary N) is 1. The molecule has 3 N–H and O–H groups in total. The number of hydrogen-bond donors (Lipinski definition) is 2. The van der Waals surface area contributed by atoms with Crippen LogP contribution < -0.4 is 11.1 Å². The highest BCUT2D eigenvalue weighted by atomic mass is 32.2. The third-order valence-corrected chi connectivity index (χ3v) is 3.83. The van der Waals surface area contributed by atoms with E-state index in [0.717, 1.165) is 12.5 Å². The van der Waals surface area contributed by atoms with E-state index in [4.69, 9.17) is 5.73 Å². The number of anilines is 1. The molecular formula is C12H17FN2O2S. The Morgan fingerprint density at radius 1 is 1.56 bits per heavy atom. The standard InChI is InChI=1S/C12H17FN2O2S/c1-3-8(2)15-12(16)7-18(17)11-5-4-9(14)6-10(11)13/h4-6,8H,3,7,14H2,1-2H3,(H,15,16). The fourth-order valence-corrected chi connectivity index (χ4v) is 2.29. The van der Waals surface area contributed by atoms with Crippen LogP contribution >= 0.6 is 0 Å². The van der Waals surface area contributed by atoms with Gasteiger partial charge in [0.25, 0.3) is 0 Å². The van der Waals surface area contributed by atoms with E-state index in [-0.39, 0.29) is 28.3 Å². The molecule has 0 radical (unpaired) electrons. The minimum atomic E-state index is -1.69. The summed E-state index contributed by atoms with van der Waals surface area (Å²) in [6.07, 6.45) is 0.786. The van der Waals surface area contributed by atoms with Crippen molar-refractivity contribution in [3.05, 3.63) is 24.0 Å². The Morgan fingerprint density at radius 2 is 2.22 bits per heavy atom. The number of nitrogens with one attached hydrogen (secondary N) is 1. The van der Waals surface area contributed by atoms with Gasteiger partial charge in [0.1, 0.15) is 11.6 Å². The lowest BCUT2D eigenvalue weighted by molar-refractivity contribution is -0.119. The number of rotatable bonds is 5. The molecule has 0 aliphatic carbocycles. The predicted octanol–water partition coefficient (Wildman–Crippen LogP) is 1.43. The Balaban J connectivity index is 2.68. The van der Waals surface area contributed by atoms with Gasteiger partial charge in [-0.15, -0.1) is 0 Å². The first kappa shape index (κ1) is 14.6. The van der Waals surface area contributed by atoms with E-state index in [2.05, 4.69) is 5.32 Å². The van der Waals surface area contributed by atoms with E-state index in [0.29, 0.717) is 0 Å². The Bertz CT molecular complexity index is 465. The minimum absolute atomic E-state index is 0.00324. The average Bonchev–Trinajstić information content (AvgIpc) is 2.28. The van der Waals surface area contributed by atoms with Gasteiger partial charge in [-0.3, -0.25) is 9.00 Å². The summed E-state index contributed by atoms with van der Waals surface area (Å²) in [6, 6.07) is 3.92. The molecule has 2 atom stereocenters. The number of carbonyl (C=O) groups excluding carboxylic acids is 1. The smallest absolute Gasteiger partial charge is 0.233 e. The van der Waals surface area contributed by atoms with Gasteiger partial charge < -0.3 is 11.1 Å². The minimum Gasteiger partial charge on any atom is -0.399 e. The lowest BCUT2D eigenvalue weighted by Crippen LogP contribution is -2.35. The maximum absolute atomic E-state index is 13.5. The van der Waals surface area contributed by atoms with E-state index < -0.39 is 16.6 Å². The lowest BCUT2D eigenvalue weighted by atomic mass is 10.3. The molecule has 1 amide bonds. The Morgan fingerprint density at radius 3 is 2.78 bits per heavy atom. The Kier molecular flexibility index (Phi) is 5.27. The summed E-state index contributed by atoms with van der Waals surface area (Å²) >= 11 is 0. The van der Waals surface area contributed by atoms with E-state index >= 15 is 0 Å². The van der Waals surface area contributed by atoms with Gasteiger partial charge >= 0.3 is 0 Å². The summed E-state index contributed by atoms with van der Waals surface area (Å²) in [5, 5.41) is 2.68. The number of carbonyl (C=O) groups is 1. The summed E-state index contributed by atoms with van der Waals surface area (Å²) in [4.78, 5) is 11.5. The molecule has 4 nitrogen and oxygen atoms in total. The second kappa shape index (κ2) is 6.49. The molecule has 1 rings (SSSR count). The maximum Gasteiger partial charge on any atom is 0.233 e. The van der Waals surface area contributed by atoms with Crippen LogP contribution in [0.1, 0.15) is 20.3 Å². The normalized spacial score (nSPS) is 13.9. The van der Waals surface area contributed by atoms with Crippen molar-refractivity contribution in [2.75, 3.05) is 11.5 Å². The van der Waals surface area contributed by atoms with Gasteiger partial charge in [0, 0.05) is 11.7 Å². The van der Waals surface area contributed by atoms with Crippen LogP contribution in [-0.4, -0.2) is 21.9 Å². The zero-order valence-corrected chi connectivity index (χ0v) is 11.2. The van der Waals surface area contributed by atoms with Gasteiger partial charge in [-0.05, 0) is 31.5 Å². The highest BCUT2D eigenvalue weighted by Gasteiger charge is 2.15. The van der Waals surface area contributed by atoms with Crippen molar-refractivity contribution in [3.8, 4) is 0 Å². The number of amides is 1. The molecule has 6 heteroatoms. The monoisotopic (exact) mass is 272 g/mol. The highest BCUT2D eigenvalue weighted by molar-refractivity contribution is 7.85. The first-order valence-corrected chi connectivity index (χ1v) is 6.98. The summed E-state index contributed by atoms with van der Waals surface area (Å²) < 4.78 is 25.3. The summed E-state index contributed by atoms with van der Waals surface area (Å²) in [5.74, 6) is -1.24. The second-order valence-electron chi connectivity index (χ2n) is 4.06. The molecule has 0 heterocycles. The molecular weight excluding hydrogens is 255 g/mol. The molecule has 1 aromatic carbocycles. The van der Waals surface area contributed by atoms with Crippen LogP contribution in [0.2, 0.25) is 0 Å². The molecule has 0 fully saturated rings. The molecule has 2 unspecified atom stereocenters. The SMILES string of the molecule is CCC(C)NC(=O)CS(=O)c1ccc(N)cc1F. The quantitative estimate of drug-likeness (QED) is 0.796. The zero-order valence-electron chi connectivity index (χ0n) is 10.4. The number of benzene rings is 1. The van der Waals surface area contributed by atoms with Crippen LogP contribution in [0.4, 0.5) is 10.1 Å². The number of hydrogen-bond acceptors (Lipinski definition) is 3. The van der Waals surface area contributed by atoms with Crippen LogP contribution in [0.25, 0.3) is 0 Å². The van der Waals surface area contributed by atoms with Gasteiger partial charge in [0.05, 0.1) is 15.7 Å². The molecule has 0 spiro atoms. The molecule has 0 saturated carbocycles. The van der Waals surface area contributed by atoms with Gasteiger partial charge in [-0.1, -0.05) is 6.92 Å². The fourth-order valence-electron chi connectivity index (χ4n) is 1.32. The summed E-state index contributed by atoms with van der Waals surface area (Å²) in [7, 11) is -1.69. The largest absolute Gasteiger partial charge is 0.399 e. The zero-order chi connectivity index (χ0) is 13.7. The third-order valence-electron chi connectivity index (χ3n) is 2.48. The van der Waals surface area contributed by atoms with E-state index in [1.54, 1.807) is 0 Å². The van der Waals surface area contributed by atoms with Crippen molar-refractivity contribution in [2.24, 2.45) is 0 Å². The second-order valence-corrected chi connectivity index (χ2v) is 5.48. The van der Waals surface area contributed by atoms with Crippen LogP contribution in [0.3, 0.4) is 0 Å². The van der Waals surface area contributed by atoms with E-state index in [9.17, 15) is 13.4 Å². The molecule has 0 bridgehead atoms. The summed E-state index contributed by atoms with van der Waals surface area (Å²) in [6.45, 7) is 3.78. The van der Waals surface area contributed by atoms with Crippen molar-refractivity contribution in [3.63, 3.8) is 0 Å². The van der Waals surface area contributed by atoms with Crippen molar-refractivity contribution >= 4 is 22.4 Å². The predicted molar refractivity (Wildman–Crippen MR) is 70.0 cm³/mol. The molecule has 0 aliphatic rings. The summed E-state index contributed by atoms with van der Waals surface area (Å²) in [5.41, 5.74) is 5.66. The maximum atomic E-state index is 13.5. The van der Waals surface area contributed by atoms with Crippen LogP contribution in [0.15, 0.2) is 23.1 Å². The van der Waals surface area contributed by atoms with E-state index in [1.165, 1.54) is 12.1 Å². The Hall–Kier alpha value is -1.43. The van der Waals surface area contributed by atoms with Crippen LogP contribution in [0.5, 0.6) is 0 Å². The van der Waals surface area contributed by atoms with Crippen LogP contribution in [0, 0.1) is 5.82 Å². The number of halogens is 1. The first-order chi connectivity index (χ1) is 8.43. The third kappa shape index (κ3) is 4.10. The first-order valence-electron chi connectivity index (χ1n) is 5.66. The molecule has 0 saturated heterocycles. The fraction of sp³-hybridized carbons (Fsp3) is 0.417.